The van der Waals surface area contributed by atoms with Crippen molar-refractivity contribution in [3.63, 3.8) is 0 Å². The molecule has 1 aliphatic rings. The number of nitrogens with zero attached hydrogens (tertiary/aromatic N) is 6. The van der Waals surface area contributed by atoms with Gasteiger partial charge in [-0.25, -0.2) is 4.98 Å². The van der Waals surface area contributed by atoms with Crippen molar-refractivity contribution in [2.75, 3.05) is 44.2 Å². The Morgan fingerprint density at radius 1 is 1.07 bits per heavy atom. The smallest absolute Gasteiger partial charge is 0.255 e. The number of rotatable bonds is 6. The molecule has 0 spiro atoms. The zero-order valence-electron chi connectivity index (χ0n) is 15.5. The summed E-state index contributed by atoms with van der Waals surface area (Å²) in [6.07, 6.45) is 0. The molecular formula is C19H24N6OS. The van der Waals surface area contributed by atoms with Crippen molar-refractivity contribution < 1.29 is 5.11 Å². The van der Waals surface area contributed by atoms with Crippen LogP contribution in [0.5, 0.6) is 0 Å². The van der Waals surface area contributed by atoms with Gasteiger partial charge in [0.1, 0.15) is 5.82 Å². The number of thioether (sulfide) groups is 1. The molecule has 7 nitrogen and oxygen atoms in total. The highest BCUT2D eigenvalue weighted by Gasteiger charge is 2.20. The number of aliphatic hydroxyl groups excluding tert-OH is 1. The first-order chi connectivity index (χ1) is 13.2. The molecule has 0 amide bonds. The Bertz CT molecular complexity index is 892. The Hall–Kier alpha value is -2.16. The second kappa shape index (κ2) is 8.24. The summed E-state index contributed by atoms with van der Waals surface area (Å²) in [4.78, 5) is 13.8. The average Bonchev–Trinajstić information content (AvgIpc) is 3.10. The van der Waals surface area contributed by atoms with Crippen LogP contribution in [0.25, 0.3) is 5.78 Å². The number of aryl methyl sites for hydroxylation is 1. The number of β-amino-alcohol motifs (C(OH)–C–C–N with tert-alkyl or cyclic N) is 1. The minimum atomic E-state index is 0.212. The fraction of sp³-hybridized carbons (Fsp3) is 0.421. The van der Waals surface area contributed by atoms with Gasteiger partial charge in [0, 0.05) is 50.2 Å². The van der Waals surface area contributed by atoms with Gasteiger partial charge in [0.15, 0.2) is 0 Å². The Morgan fingerprint density at radius 2 is 1.85 bits per heavy atom. The maximum absolute atomic E-state index is 9.13. The predicted molar refractivity (Wildman–Crippen MR) is 107 cm³/mol. The molecule has 142 valence electrons. The van der Waals surface area contributed by atoms with Crippen molar-refractivity contribution in [3.8, 4) is 0 Å². The monoisotopic (exact) mass is 384 g/mol. The number of anilines is 1. The third-order valence-corrected chi connectivity index (χ3v) is 5.63. The van der Waals surface area contributed by atoms with Gasteiger partial charge in [-0.05, 0) is 12.5 Å². The number of benzene rings is 1. The van der Waals surface area contributed by atoms with Crippen LogP contribution >= 0.6 is 11.8 Å². The molecule has 1 aromatic carbocycles. The summed E-state index contributed by atoms with van der Waals surface area (Å²) < 4.78 is 1.86. The highest BCUT2D eigenvalue weighted by molar-refractivity contribution is 7.98. The van der Waals surface area contributed by atoms with Crippen LogP contribution in [0.1, 0.15) is 11.3 Å². The quantitative estimate of drug-likeness (QED) is 0.650. The van der Waals surface area contributed by atoms with E-state index in [9.17, 15) is 0 Å². The maximum atomic E-state index is 9.13. The van der Waals surface area contributed by atoms with Gasteiger partial charge in [0.25, 0.3) is 5.78 Å². The fourth-order valence-corrected chi connectivity index (χ4v) is 4.07. The lowest BCUT2D eigenvalue weighted by molar-refractivity contribution is 0.188. The number of aromatic nitrogens is 4. The molecule has 4 rings (SSSR count). The van der Waals surface area contributed by atoms with E-state index in [0.717, 1.165) is 55.1 Å². The summed E-state index contributed by atoms with van der Waals surface area (Å²) in [5.41, 5.74) is 2.20. The first-order valence-electron chi connectivity index (χ1n) is 9.22. The van der Waals surface area contributed by atoms with E-state index in [4.69, 9.17) is 10.2 Å². The lowest BCUT2D eigenvalue weighted by Crippen LogP contribution is -2.47. The molecule has 1 aliphatic heterocycles. The molecule has 0 radical (unpaired) electrons. The number of hydrogen-bond acceptors (Lipinski definition) is 7. The average molecular weight is 385 g/mol. The molecule has 0 bridgehead atoms. The zero-order valence-corrected chi connectivity index (χ0v) is 16.3. The molecule has 0 saturated carbocycles. The minimum absolute atomic E-state index is 0.212. The lowest BCUT2D eigenvalue weighted by atomic mass is 10.2. The van der Waals surface area contributed by atoms with Gasteiger partial charge >= 0.3 is 0 Å². The van der Waals surface area contributed by atoms with Crippen molar-refractivity contribution in [3.05, 3.63) is 47.7 Å². The van der Waals surface area contributed by atoms with Gasteiger partial charge in [0.2, 0.25) is 5.16 Å². The molecule has 27 heavy (non-hydrogen) atoms. The van der Waals surface area contributed by atoms with Crippen LogP contribution < -0.4 is 4.90 Å². The summed E-state index contributed by atoms with van der Waals surface area (Å²) in [5.74, 6) is 2.53. The third kappa shape index (κ3) is 4.23. The molecular weight excluding hydrogens is 360 g/mol. The maximum Gasteiger partial charge on any atom is 0.255 e. The van der Waals surface area contributed by atoms with Gasteiger partial charge in [-0.15, -0.1) is 5.10 Å². The first kappa shape index (κ1) is 18.2. The summed E-state index contributed by atoms with van der Waals surface area (Å²) in [7, 11) is 0. The van der Waals surface area contributed by atoms with Gasteiger partial charge in [-0.1, -0.05) is 42.1 Å². The van der Waals surface area contributed by atoms with Gasteiger partial charge < -0.3 is 10.0 Å². The normalized spacial score (nSPS) is 15.6. The van der Waals surface area contributed by atoms with E-state index >= 15 is 0 Å². The summed E-state index contributed by atoms with van der Waals surface area (Å²) in [6.45, 7) is 6.64. The van der Waals surface area contributed by atoms with E-state index in [1.165, 1.54) is 5.56 Å². The second-order valence-corrected chi connectivity index (χ2v) is 7.63. The Kier molecular flexibility index (Phi) is 5.56. The molecule has 1 saturated heterocycles. The van der Waals surface area contributed by atoms with Crippen LogP contribution in [-0.2, 0) is 5.75 Å². The van der Waals surface area contributed by atoms with Gasteiger partial charge in [-0.2, -0.15) is 9.50 Å². The first-order valence-corrected chi connectivity index (χ1v) is 10.2. The number of aliphatic hydroxyl groups is 1. The molecule has 1 fully saturated rings. The molecule has 1 N–H and O–H groups in total. The Labute approximate surface area is 163 Å². The largest absolute Gasteiger partial charge is 0.395 e. The topological polar surface area (TPSA) is 69.8 Å². The van der Waals surface area contributed by atoms with Crippen LogP contribution in [0.3, 0.4) is 0 Å². The van der Waals surface area contributed by atoms with Gasteiger partial charge in [0.05, 0.1) is 6.61 Å². The number of piperazine rings is 1. The van der Waals surface area contributed by atoms with Gasteiger partial charge in [-0.3, -0.25) is 4.90 Å². The van der Waals surface area contributed by atoms with E-state index in [0.29, 0.717) is 5.78 Å². The van der Waals surface area contributed by atoms with Crippen LogP contribution in [0.4, 0.5) is 5.82 Å². The van der Waals surface area contributed by atoms with Crippen LogP contribution in [0, 0.1) is 6.92 Å². The summed E-state index contributed by atoms with van der Waals surface area (Å²) in [6, 6.07) is 12.4. The zero-order chi connectivity index (χ0) is 18.6. The third-order valence-electron chi connectivity index (χ3n) is 4.73. The molecule has 0 unspecified atom stereocenters. The Morgan fingerprint density at radius 3 is 2.59 bits per heavy atom. The Balaban J connectivity index is 1.53. The predicted octanol–water partition coefficient (Wildman–Crippen LogP) is 1.84. The van der Waals surface area contributed by atoms with Crippen molar-refractivity contribution in [2.45, 2.75) is 17.8 Å². The fourth-order valence-electron chi connectivity index (χ4n) is 3.30. The van der Waals surface area contributed by atoms with Crippen molar-refractivity contribution in [1.82, 2.24) is 24.5 Å². The van der Waals surface area contributed by atoms with Crippen LogP contribution in [0.2, 0.25) is 0 Å². The van der Waals surface area contributed by atoms with E-state index in [-0.39, 0.29) is 6.61 Å². The van der Waals surface area contributed by atoms with Crippen molar-refractivity contribution >= 4 is 23.4 Å². The van der Waals surface area contributed by atoms with Crippen LogP contribution in [-0.4, -0.2) is 68.9 Å². The van der Waals surface area contributed by atoms with E-state index in [2.05, 4.69) is 38.0 Å². The standard InChI is InChI=1S/C19H24N6OS/c1-15-13-17(24-9-7-23(8-10-24)11-12-26)25-18(20-15)21-19(22-25)27-14-16-5-3-2-4-6-16/h2-6,13,26H,7-12,14H2,1H3. The van der Waals surface area contributed by atoms with Crippen LogP contribution in [0.15, 0.2) is 41.6 Å². The van der Waals surface area contributed by atoms with Crippen molar-refractivity contribution in [1.29, 1.82) is 0 Å². The molecule has 8 heteroatoms. The highest BCUT2D eigenvalue weighted by atomic mass is 32.2. The number of fused-ring (bicyclic) bond motifs is 1. The van der Waals surface area contributed by atoms with Crippen molar-refractivity contribution in [2.24, 2.45) is 0 Å². The van der Waals surface area contributed by atoms with E-state index < -0.39 is 0 Å². The van der Waals surface area contributed by atoms with E-state index in [1.807, 2.05) is 29.6 Å². The number of hydrogen-bond donors (Lipinski definition) is 1. The SMILES string of the molecule is Cc1cc(N2CCN(CCO)CC2)n2nc(SCc3ccccc3)nc2n1. The summed E-state index contributed by atoms with van der Waals surface area (Å²) in [5, 5.41) is 14.6. The van der Waals surface area contributed by atoms with E-state index in [1.54, 1.807) is 11.8 Å². The minimum Gasteiger partial charge on any atom is -0.395 e. The second-order valence-electron chi connectivity index (χ2n) is 6.69. The molecule has 2 aromatic heterocycles. The molecule has 0 atom stereocenters. The highest BCUT2D eigenvalue weighted by Crippen LogP contribution is 2.23. The molecule has 3 aromatic rings. The molecule has 3 heterocycles. The lowest BCUT2D eigenvalue weighted by Gasteiger charge is -2.35. The summed E-state index contributed by atoms with van der Waals surface area (Å²) >= 11 is 1.63. The molecule has 0 aliphatic carbocycles.